The molecular formula is C20H26N2O3. The van der Waals surface area contributed by atoms with Crippen molar-refractivity contribution in [2.75, 3.05) is 13.1 Å². The van der Waals surface area contributed by atoms with Gasteiger partial charge in [-0.3, -0.25) is 9.59 Å². The van der Waals surface area contributed by atoms with Crippen LogP contribution in [0, 0.1) is 5.92 Å². The number of furan rings is 1. The van der Waals surface area contributed by atoms with Crippen LogP contribution in [0.5, 0.6) is 0 Å². The molecule has 1 aromatic carbocycles. The summed E-state index contributed by atoms with van der Waals surface area (Å²) in [5, 5.41) is 2.90. The van der Waals surface area contributed by atoms with Crippen molar-refractivity contribution in [2.45, 2.75) is 33.2 Å². The molecule has 2 rings (SSSR count). The van der Waals surface area contributed by atoms with E-state index in [9.17, 15) is 9.59 Å². The molecule has 134 valence electrons. The zero-order valence-electron chi connectivity index (χ0n) is 14.9. The fraction of sp³-hybridized carbons (Fsp3) is 0.400. The number of hydrogen-bond acceptors (Lipinski definition) is 3. The van der Waals surface area contributed by atoms with Gasteiger partial charge in [0.15, 0.2) is 0 Å². The third-order valence-corrected chi connectivity index (χ3v) is 3.97. The second-order valence-electron chi connectivity index (χ2n) is 6.50. The van der Waals surface area contributed by atoms with Gasteiger partial charge in [0.05, 0.1) is 11.8 Å². The number of nitrogens with zero attached hydrogens (tertiary/aromatic N) is 1. The van der Waals surface area contributed by atoms with Gasteiger partial charge in [-0.15, -0.1) is 0 Å². The second-order valence-corrected chi connectivity index (χ2v) is 6.50. The van der Waals surface area contributed by atoms with Crippen molar-refractivity contribution < 1.29 is 14.0 Å². The zero-order chi connectivity index (χ0) is 18.1. The van der Waals surface area contributed by atoms with Crippen LogP contribution in [0.4, 0.5) is 0 Å². The summed E-state index contributed by atoms with van der Waals surface area (Å²) in [6, 6.07) is 11.4. The van der Waals surface area contributed by atoms with E-state index >= 15 is 0 Å². The van der Waals surface area contributed by atoms with E-state index in [0.717, 1.165) is 12.0 Å². The zero-order valence-corrected chi connectivity index (χ0v) is 14.9. The average Bonchev–Trinajstić information content (AvgIpc) is 3.15. The number of rotatable bonds is 9. The Morgan fingerprint density at radius 3 is 2.52 bits per heavy atom. The topological polar surface area (TPSA) is 62.6 Å². The van der Waals surface area contributed by atoms with E-state index in [1.54, 1.807) is 11.0 Å². The molecule has 0 saturated heterocycles. The van der Waals surface area contributed by atoms with Gasteiger partial charge in [0.2, 0.25) is 5.91 Å². The Labute approximate surface area is 149 Å². The third-order valence-electron chi connectivity index (χ3n) is 3.97. The summed E-state index contributed by atoms with van der Waals surface area (Å²) in [5.41, 5.74) is 1.58. The lowest BCUT2D eigenvalue weighted by atomic mass is 10.1. The van der Waals surface area contributed by atoms with Crippen LogP contribution in [0.15, 0.2) is 53.3 Å². The third kappa shape index (κ3) is 6.45. The minimum absolute atomic E-state index is 0.0570. The molecule has 0 aliphatic heterocycles. The van der Waals surface area contributed by atoms with Crippen molar-refractivity contribution in [3.63, 3.8) is 0 Å². The molecular weight excluding hydrogens is 316 g/mol. The SMILES string of the molecule is CC(C)CCN(CCC(=O)NCc1ccccc1)C(=O)c1ccoc1. The molecule has 1 aromatic heterocycles. The number of benzene rings is 1. The van der Waals surface area contributed by atoms with E-state index in [1.165, 1.54) is 12.5 Å². The molecule has 0 saturated carbocycles. The van der Waals surface area contributed by atoms with Crippen molar-refractivity contribution in [1.82, 2.24) is 10.2 Å². The summed E-state index contributed by atoms with van der Waals surface area (Å²) in [7, 11) is 0. The monoisotopic (exact) mass is 342 g/mol. The van der Waals surface area contributed by atoms with Gasteiger partial charge in [-0.05, 0) is 24.0 Å². The van der Waals surface area contributed by atoms with Crippen LogP contribution >= 0.6 is 0 Å². The van der Waals surface area contributed by atoms with Gasteiger partial charge in [-0.1, -0.05) is 44.2 Å². The first-order valence-electron chi connectivity index (χ1n) is 8.68. The fourth-order valence-electron chi connectivity index (χ4n) is 2.42. The van der Waals surface area contributed by atoms with Gasteiger partial charge >= 0.3 is 0 Å². The minimum atomic E-state index is -0.0924. The van der Waals surface area contributed by atoms with E-state index in [-0.39, 0.29) is 18.2 Å². The molecule has 1 N–H and O–H groups in total. The summed E-state index contributed by atoms with van der Waals surface area (Å²) in [6.45, 7) is 5.77. The van der Waals surface area contributed by atoms with Crippen LogP contribution in [0.1, 0.15) is 42.6 Å². The molecule has 0 radical (unpaired) electrons. The van der Waals surface area contributed by atoms with E-state index in [2.05, 4.69) is 19.2 Å². The Kier molecular flexibility index (Phi) is 7.26. The average molecular weight is 342 g/mol. The first-order valence-corrected chi connectivity index (χ1v) is 8.68. The molecule has 0 aliphatic carbocycles. The summed E-state index contributed by atoms with van der Waals surface area (Å²) in [6.07, 6.45) is 4.12. The molecule has 0 fully saturated rings. The predicted molar refractivity (Wildman–Crippen MR) is 97.0 cm³/mol. The Hall–Kier alpha value is -2.56. The molecule has 0 bridgehead atoms. The number of hydrogen-bond donors (Lipinski definition) is 1. The Morgan fingerprint density at radius 1 is 1.12 bits per heavy atom. The highest BCUT2D eigenvalue weighted by molar-refractivity contribution is 5.94. The van der Waals surface area contributed by atoms with Gasteiger partial charge in [0.1, 0.15) is 6.26 Å². The molecule has 5 nitrogen and oxygen atoms in total. The largest absolute Gasteiger partial charge is 0.472 e. The summed E-state index contributed by atoms with van der Waals surface area (Å²) < 4.78 is 5.00. The minimum Gasteiger partial charge on any atom is -0.472 e. The van der Waals surface area contributed by atoms with Crippen molar-refractivity contribution in [2.24, 2.45) is 5.92 Å². The van der Waals surface area contributed by atoms with Crippen LogP contribution in [0.25, 0.3) is 0 Å². The molecule has 0 atom stereocenters. The molecule has 0 spiro atoms. The van der Waals surface area contributed by atoms with Crippen LogP contribution in [0.2, 0.25) is 0 Å². The molecule has 0 aliphatic rings. The second kappa shape index (κ2) is 9.67. The molecule has 1 heterocycles. The van der Waals surface area contributed by atoms with Crippen molar-refractivity contribution >= 4 is 11.8 Å². The lowest BCUT2D eigenvalue weighted by Gasteiger charge is -2.23. The number of carbonyl (C=O) groups excluding carboxylic acids is 2. The highest BCUT2D eigenvalue weighted by Gasteiger charge is 2.18. The van der Waals surface area contributed by atoms with E-state index in [0.29, 0.717) is 31.1 Å². The van der Waals surface area contributed by atoms with E-state index in [1.807, 2.05) is 30.3 Å². The van der Waals surface area contributed by atoms with Gasteiger partial charge in [-0.2, -0.15) is 0 Å². The first-order chi connectivity index (χ1) is 12.1. The molecule has 5 heteroatoms. The van der Waals surface area contributed by atoms with Gasteiger partial charge in [-0.25, -0.2) is 0 Å². The number of amides is 2. The van der Waals surface area contributed by atoms with Crippen LogP contribution in [-0.4, -0.2) is 29.8 Å². The normalized spacial score (nSPS) is 10.7. The molecule has 2 amide bonds. The Morgan fingerprint density at radius 2 is 1.88 bits per heavy atom. The maximum atomic E-state index is 12.5. The highest BCUT2D eigenvalue weighted by atomic mass is 16.3. The Balaban J connectivity index is 1.85. The quantitative estimate of drug-likeness (QED) is 0.759. The van der Waals surface area contributed by atoms with Gasteiger partial charge in [0, 0.05) is 26.1 Å². The smallest absolute Gasteiger partial charge is 0.257 e. The van der Waals surface area contributed by atoms with Gasteiger partial charge in [0.25, 0.3) is 5.91 Å². The lowest BCUT2D eigenvalue weighted by Crippen LogP contribution is -2.36. The van der Waals surface area contributed by atoms with E-state index in [4.69, 9.17) is 4.42 Å². The molecule has 25 heavy (non-hydrogen) atoms. The van der Waals surface area contributed by atoms with Gasteiger partial charge < -0.3 is 14.6 Å². The van der Waals surface area contributed by atoms with Crippen molar-refractivity contribution in [3.05, 3.63) is 60.1 Å². The summed E-state index contributed by atoms with van der Waals surface area (Å²) >= 11 is 0. The molecule has 2 aromatic rings. The fourth-order valence-corrected chi connectivity index (χ4v) is 2.42. The highest BCUT2D eigenvalue weighted by Crippen LogP contribution is 2.10. The van der Waals surface area contributed by atoms with Crippen molar-refractivity contribution in [1.29, 1.82) is 0 Å². The maximum absolute atomic E-state index is 12.5. The van der Waals surface area contributed by atoms with Crippen LogP contribution in [-0.2, 0) is 11.3 Å². The number of carbonyl (C=O) groups is 2. The van der Waals surface area contributed by atoms with Crippen molar-refractivity contribution in [3.8, 4) is 0 Å². The maximum Gasteiger partial charge on any atom is 0.257 e. The Bertz CT molecular complexity index is 651. The van der Waals surface area contributed by atoms with Crippen LogP contribution in [0.3, 0.4) is 0 Å². The van der Waals surface area contributed by atoms with Crippen LogP contribution < -0.4 is 5.32 Å². The predicted octanol–water partition coefficient (Wildman–Crippen LogP) is 3.47. The summed E-state index contributed by atoms with van der Waals surface area (Å²) in [5.74, 6) is 0.343. The summed E-state index contributed by atoms with van der Waals surface area (Å²) in [4.78, 5) is 26.4. The molecule has 0 unspecified atom stereocenters. The lowest BCUT2D eigenvalue weighted by molar-refractivity contribution is -0.121. The standard InChI is InChI=1S/C20H26N2O3/c1-16(2)8-11-22(20(24)18-10-13-25-15-18)12-9-19(23)21-14-17-6-4-3-5-7-17/h3-7,10,13,15-16H,8-9,11-12,14H2,1-2H3,(H,21,23). The number of nitrogens with one attached hydrogen (secondary N) is 1. The first kappa shape index (κ1) is 18.8. The van der Waals surface area contributed by atoms with E-state index < -0.39 is 0 Å².